The SMILES string of the molecule is c1ccc(-c2nc(-c3ccc(-c4ccccc4)c(-c4ccccc4)c3)nc(-c3cccc4ccc5nc(-c6ccc7ccccc7c6)oc5c34)n2)cc1. The van der Waals surface area contributed by atoms with Gasteiger partial charge in [0.1, 0.15) is 5.52 Å². The Morgan fingerprint density at radius 3 is 1.66 bits per heavy atom. The van der Waals surface area contributed by atoms with E-state index in [9.17, 15) is 0 Å². The van der Waals surface area contributed by atoms with Crippen LogP contribution in [0.3, 0.4) is 0 Å². The summed E-state index contributed by atoms with van der Waals surface area (Å²) >= 11 is 0. The highest BCUT2D eigenvalue weighted by atomic mass is 16.3. The van der Waals surface area contributed by atoms with Crippen LogP contribution in [0.4, 0.5) is 0 Å². The van der Waals surface area contributed by atoms with Gasteiger partial charge >= 0.3 is 0 Å². The molecule has 53 heavy (non-hydrogen) atoms. The lowest BCUT2D eigenvalue weighted by atomic mass is 9.92. The minimum atomic E-state index is 0.559. The number of rotatable bonds is 6. The highest BCUT2D eigenvalue weighted by Gasteiger charge is 2.20. The van der Waals surface area contributed by atoms with E-state index in [0.717, 1.165) is 66.2 Å². The van der Waals surface area contributed by atoms with Crippen LogP contribution in [0.5, 0.6) is 0 Å². The first-order valence-electron chi connectivity index (χ1n) is 17.6. The maximum Gasteiger partial charge on any atom is 0.227 e. The first kappa shape index (κ1) is 30.6. The van der Waals surface area contributed by atoms with Crippen molar-refractivity contribution in [1.29, 1.82) is 0 Å². The van der Waals surface area contributed by atoms with Crippen LogP contribution in [0.1, 0.15) is 0 Å². The van der Waals surface area contributed by atoms with Gasteiger partial charge in [-0.15, -0.1) is 0 Å². The summed E-state index contributed by atoms with van der Waals surface area (Å²) < 4.78 is 6.65. The third-order valence-corrected chi connectivity index (χ3v) is 9.75. The normalized spacial score (nSPS) is 11.4. The van der Waals surface area contributed by atoms with Crippen molar-refractivity contribution in [3.8, 4) is 67.9 Å². The molecule has 10 rings (SSSR count). The fraction of sp³-hybridized carbons (Fsp3) is 0. The maximum atomic E-state index is 6.65. The molecule has 0 bridgehead atoms. The molecule has 8 aromatic carbocycles. The van der Waals surface area contributed by atoms with Crippen LogP contribution in [0.15, 0.2) is 186 Å². The third-order valence-electron chi connectivity index (χ3n) is 9.75. The van der Waals surface area contributed by atoms with E-state index in [-0.39, 0.29) is 0 Å². The second-order valence-corrected chi connectivity index (χ2v) is 13.1. The van der Waals surface area contributed by atoms with Crippen LogP contribution in [0.2, 0.25) is 0 Å². The summed E-state index contributed by atoms with van der Waals surface area (Å²) in [5, 5.41) is 4.23. The number of hydrogen-bond donors (Lipinski definition) is 0. The molecule has 0 spiro atoms. The molecule has 0 N–H and O–H groups in total. The molecule has 0 aliphatic rings. The summed E-state index contributed by atoms with van der Waals surface area (Å²) in [5.41, 5.74) is 9.56. The standard InChI is InChI=1S/C48H30N4O/c1-4-14-32(15-5-1)39-27-25-37(30-41(39)33-16-6-2-7-17-33)46-50-45(35-18-8-3-9-19-35)51-47(52-46)40-22-12-21-34-26-28-42-44(43(34)40)53-48(49-42)38-24-23-31-13-10-11-20-36(31)29-38/h1-30H. The van der Waals surface area contributed by atoms with Gasteiger partial charge in [-0.25, -0.2) is 19.9 Å². The van der Waals surface area contributed by atoms with Gasteiger partial charge in [-0.05, 0) is 62.7 Å². The summed E-state index contributed by atoms with van der Waals surface area (Å²) in [6.45, 7) is 0. The molecule has 0 amide bonds. The molecule has 0 aliphatic heterocycles. The first-order valence-corrected chi connectivity index (χ1v) is 17.6. The van der Waals surface area contributed by atoms with Crippen molar-refractivity contribution in [2.45, 2.75) is 0 Å². The molecule has 248 valence electrons. The molecule has 0 radical (unpaired) electrons. The smallest absolute Gasteiger partial charge is 0.227 e. The van der Waals surface area contributed by atoms with Gasteiger partial charge in [-0.2, -0.15) is 0 Å². The second kappa shape index (κ2) is 12.8. The third kappa shape index (κ3) is 5.61. The van der Waals surface area contributed by atoms with Crippen molar-refractivity contribution in [2.24, 2.45) is 0 Å². The Bertz CT molecular complexity index is 2940. The maximum absolute atomic E-state index is 6.65. The number of aromatic nitrogens is 4. The molecule has 0 fully saturated rings. The van der Waals surface area contributed by atoms with E-state index in [4.69, 9.17) is 24.4 Å². The van der Waals surface area contributed by atoms with Gasteiger partial charge in [0.15, 0.2) is 23.1 Å². The zero-order valence-electron chi connectivity index (χ0n) is 28.5. The fourth-order valence-corrected chi connectivity index (χ4v) is 7.14. The van der Waals surface area contributed by atoms with Crippen LogP contribution in [-0.4, -0.2) is 19.9 Å². The monoisotopic (exact) mass is 678 g/mol. The number of oxazole rings is 1. The summed E-state index contributed by atoms with van der Waals surface area (Å²) in [6, 6.07) is 62.4. The summed E-state index contributed by atoms with van der Waals surface area (Å²) in [5.74, 6) is 2.31. The van der Waals surface area contributed by atoms with Crippen LogP contribution in [0.25, 0.3) is 101 Å². The molecule has 10 aromatic rings. The van der Waals surface area contributed by atoms with E-state index in [0.29, 0.717) is 28.9 Å². The van der Waals surface area contributed by atoms with Crippen molar-refractivity contribution < 1.29 is 4.42 Å². The van der Waals surface area contributed by atoms with Gasteiger partial charge in [0.2, 0.25) is 5.89 Å². The van der Waals surface area contributed by atoms with E-state index in [1.165, 1.54) is 5.39 Å². The van der Waals surface area contributed by atoms with Gasteiger partial charge in [0, 0.05) is 27.6 Å². The van der Waals surface area contributed by atoms with Crippen molar-refractivity contribution in [2.75, 3.05) is 0 Å². The largest absolute Gasteiger partial charge is 0.435 e. The number of fused-ring (bicyclic) bond motifs is 4. The lowest BCUT2D eigenvalue weighted by Gasteiger charge is -2.14. The van der Waals surface area contributed by atoms with Gasteiger partial charge in [0.05, 0.1) is 0 Å². The average molecular weight is 679 g/mol. The second-order valence-electron chi connectivity index (χ2n) is 13.1. The highest BCUT2D eigenvalue weighted by molar-refractivity contribution is 6.11. The number of benzene rings is 8. The molecule has 5 heteroatoms. The van der Waals surface area contributed by atoms with E-state index < -0.39 is 0 Å². The number of nitrogens with zero attached hydrogens (tertiary/aromatic N) is 4. The molecule has 2 heterocycles. The van der Waals surface area contributed by atoms with Crippen LogP contribution < -0.4 is 0 Å². The van der Waals surface area contributed by atoms with Gasteiger partial charge < -0.3 is 4.42 Å². The van der Waals surface area contributed by atoms with Crippen molar-refractivity contribution in [3.63, 3.8) is 0 Å². The molecule has 0 saturated heterocycles. The summed E-state index contributed by atoms with van der Waals surface area (Å²) in [7, 11) is 0. The molecule has 0 saturated carbocycles. The highest BCUT2D eigenvalue weighted by Crippen LogP contribution is 2.39. The molecular formula is C48H30N4O. The Balaban J connectivity index is 1.18. The molecule has 0 atom stereocenters. The predicted molar refractivity (Wildman–Crippen MR) is 215 cm³/mol. The molecule has 5 nitrogen and oxygen atoms in total. The number of hydrogen-bond acceptors (Lipinski definition) is 5. The Kier molecular flexibility index (Phi) is 7.40. The Labute approximate surface area is 305 Å². The lowest BCUT2D eigenvalue weighted by molar-refractivity contribution is 0.623. The van der Waals surface area contributed by atoms with Crippen molar-refractivity contribution in [1.82, 2.24) is 19.9 Å². The van der Waals surface area contributed by atoms with E-state index in [1.54, 1.807) is 0 Å². The topological polar surface area (TPSA) is 64.7 Å². The van der Waals surface area contributed by atoms with Gasteiger partial charge in [0.25, 0.3) is 0 Å². The van der Waals surface area contributed by atoms with Crippen molar-refractivity contribution in [3.05, 3.63) is 182 Å². The first-order chi connectivity index (χ1) is 26.2. The zero-order valence-corrected chi connectivity index (χ0v) is 28.5. The predicted octanol–water partition coefficient (Wildman–Crippen LogP) is 12.3. The van der Waals surface area contributed by atoms with Crippen LogP contribution >= 0.6 is 0 Å². The van der Waals surface area contributed by atoms with E-state index in [2.05, 4.69) is 115 Å². The minimum absolute atomic E-state index is 0.559. The minimum Gasteiger partial charge on any atom is -0.435 e. The lowest BCUT2D eigenvalue weighted by Crippen LogP contribution is -2.01. The Morgan fingerprint density at radius 1 is 0.321 bits per heavy atom. The molecular weight excluding hydrogens is 649 g/mol. The fourth-order valence-electron chi connectivity index (χ4n) is 7.14. The Hall–Kier alpha value is -7.24. The van der Waals surface area contributed by atoms with Crippen LogP contribution in [-0.2, 0) is 0 Å². The quantitative estimate of drug-likeness (QED) is 0.175. The van der Waals surface area contributed by atoms with E-state index >= 15 is 0 Å². The molecule has 0 aliphatic carbocycles. The van der Waals surface area contributed by atoms with Gasteiger partial charge in [-0.1, -0.05) is 158 Å². The Morgan fingerprint density at radius 2 is 0.906 bits per heavy atom. The average Bonchev–Trinajstić information content (AvgIpc) is 3.69. The van der Waals surface area contributed by atoms with Gasteiger partial charge in [-0.3, -0.25) is 0 Å². The summed E-state index contributed by atoms with van der Waals surface area (Å²) in [6.07, 6.45) is 0. The molecule has 2 aromatic heterocycles. The van der Waals surface area contributed by atoms with Crippen molar-refractivity contribution >= 4 is 32.6 Å². The van der Waals surface area contributed by atoms with E-state index in [1.807, 2.05) is 66.7 Å². The zero-order chi connectivity index (χ0) is 35.1. The molecule has 0 unspecified atom stereocenters. The van der Waals surface area contributed by atoms with Crippen LogP contribution in [0, 0.1) is 0 Å². The summed E-state index contributed by atoms with van der Waals surface area (Å²) in [4.78, 5) is 20.4.